The summed E-state index contributed by atoms with van der Waals surface area (Å²) in [6.07, 6.45) is 2.28. The molecular formula is C13H19N3O3. The molecule has 6 heteroatoms. The predicted octanol–water partition coefficient (Wildman–Crippen LogP) is 1.79. The van der Waals surface area contributed by atoms with Gasteiger partial charge in [0.25, 0.3) is 5.69 Å². The smallest absolute Gasteiger partial charge is 0.292 e. The van der Waals surface area contributed by atoms with Gasteiger partial charge in [-0.05, 0) is 25.5 Å². The van der Waals surface area contributed by atoms with E-state index in [9.17, 15) is 10.1 Å². The van der Waals surface area contributed by atoms with Gasteiger partial charge in [-0.2, -0.15) is 0 Å². The Morgan fingerprint density at radius 3 is 2.95 bits per heavy atom. The molecule has 104 valence electrons. The van der Waals surface area contributed by atoms with E-state index in [1.54, 1.807) is 19.2 Å². The van der Waals surface area contributed by atoms with Crippen molar-refractivity contribution in [1.29, 1.82) is 0 Å². The van der Waals surface area contributed by atoms with Gasteiger partial charge in [0.15, 0.2) is 0 Å². The number of nitro groups is 1. The molecule has 1 unspecified atom stereocenters. The highest BCUT2D eigenvalue weighted by Gasteiger charge is 2.22. The number of hydrogen-bond donors (Lipinski definition) is 1. The maximum atomic E-state index is 11.1. The zero-order valence-corrected chi connectivity index (χ0v) is 11.3. The largest absolute Gasteiger partial charge is 0.497 e. The van der Waals surface area contributed by atoms with Crippen LogP contribution in [0.4, 0.5) is 11.4 Å². The second-order valence-corrected chi connectivity index (χ2v) is 4.79. The van der Waals surface area contributed by atoms with Crippen LogP contribution in [0.15, 0.2) is 18.2 Å². The summed E-state index contributed by atoms with van der Waals surface area (Å²) in [5.41, 5.74) is 0.708. The number of benzene rings is 1. The van der Waals surface area contributed by atoms with Crippen LogP contribution in [-0.4, -0.2) is 38.2 Å². The SMILES string of the molecule is COc1ccc([N+](=O)[O-])c(N(C)CC2CCCN2)c1. The summed E-state index contributed by atoms with van der Waals surface area (Å²) in [5.74, 6) is 0.631. The van der Waals surface area contributed by atoms with Gasteiger partial charge >= 0.3 is 0 Å². The minimum Gasteiger partial charge on any atom is -0.497 e. The van der Waals surface area contributed by atoms with Crippen molar-refractivity contribution in [1.82, 2.24) is 5.32 Å². The lowest BCUT2D eigenvalue weighted by atomic mass is 10.2. The molecule has 1 aliphatic heterocycles. The molecule has 0 bridgehead atoms. The standard InChI is InChI=1S/C13H19N3O3/c1-15(9-10-4-3-7-14-10)13-8-11(19-2)5-6-12(13)16(17)18/h5-6,8,10,14H,3-4,7,9H2,1-2H3. The lowest BCUT2D eigenvalue weighted by Gasteiger charge is -2.23. The quantitative estimate of drug-likeness (QED) is 0.649. The molecule has 1 aromatic carbocycles. The van der Waals surface area contributed by atoms with Gasteiger partial charge in [-0.15, -0.1) is 0 Å². The second kappa shape index (κ2) is 5.88. The number of rotatable bonds is 5. The van der Waals surface area contributed by atoms with Crippen LogP contribution in [0.2, 0.25) is 0 Å². The minimum atomic E-state index is -0.354. The molecule has 6 nitrogen and oxygen atoms in total. The number of nitrogens with one attached hydrogen (secondary N) is 1. The van der Waals surface area contributed by atoms with Gasteiger partial charge in [0.2, 0.25) is 0 Å². The van der Waals surface area contributed by atoms with E-state index in [1.807, 2.05) is 11.9 Å². The average molecular weight is 265 g/mol. The van der Waals surface area contributed by atoms with Crippen molar-refractivity contribution in [2.24, 2.45) is 0 Å². The molecular weight excluding hydrogens is 246 g/mol. The zero-order chi connectivity index (χ0) is 13.8. The highest BCUT2D eigenvalue weighted by molar-refractivity contribution is 5.65. The Bertz CT molecular complexity index is 458. The molecule has 1 aliphatic rings. The Labute approximate surface area is 112 Å². The van der Waals surface area contributed by atoms with E-state index in [4.69, 9.17) is 4.74 Å². The van der Waals surface area contributed by atoms with Crippen LogP contribution in [-0.2, 0) is 0 Å². The van der Waals surface area contributed by atoms with Gasteiger partial charge in [0.05, 0.1) is 12.0 Å². The van der Waals surface area contributed by atoms with E-state index in [0.717, 1.165) is 19.5 Å². The van der Waals surface area contributed by atoms with Crippen LogP contribution in [0.5, 0.6) is 5.75 Å². The van der Waals surface area contributed by atoms with Gasteiger partial charge in [-0.1, -0.05) is 0 Å². The molecule has 2 rings (SSSR count). The first-order valence-electron chi connectivity index (χ1n) is 6.38. The van der Waals surface area contributed by atoms with Gasteiger partial charge in [-0.25, -0.2) is 0 Å². The van der Waals surface area contributed by atoms with Crippen LogP contribution < -0.4 is 15.0 Å². The number of nitro benzene ring substituents is 1. The lowest BCUT2D eigenvalue weighted by molar-refractivity contribution is -0.384. The topological polar surface area (TPSA) is 67.6 Å². The van der Waals surface area contributed by atoms with Crippen molar-refractivity contribution >= 4 is 11.4 Å². The normalized spacial score (nSPS) is 18.3. The Morgan fingerprint density at radius 1 is 1.58 bits per heavy atom. The lowest BCUT2D eigenvalue weighted by Crippen LogP contribution is -2.35. The first-order valence-corrected chi connectivity index (χ1v) is 6.38. The molecule has 1 saturated heterocycles. The van der Waals surface area contributed by atoms with Crippen molar-refractivity contribution in [3.05, 3.63) is 28.3 Å². The Balaban J connectivity index is 2.21. The predicted molar refractivity (Wildman–Crippen MR) is 73.9 cm³/mol. The summed E-state index contributed by atoms with van der Waals surface area (Å²) in [4.78, 5) is 12.7. The fraction of sp³-hybridized carbons (Fsp3) is 0.538. The molecule has 1 N–H and O–H groups in total. The van der Waals surface area contributed by atoms with Crippen LogP contribution in [0.3, 0.4) is 0 Å². The highest BCUT2D eigenvalue weighted by Crippen LogP contribution is 2.31. The van der Waals surface area contributed by atoms with E-state index in [0.29, 0.717) is 17.5 Å². The second-order valence-electron chi connectivity index (χ2n) is 4.79. The summed E-state index contributed by atoms with van der Waals surface area (Å²) in [6, 6.07) is 5.22. The molecule has 1 aromatic rings. The van der Waals surface area contributed by atoms with E-state index < -0.39 is 0 Å². The summed E-state index contributed by atoms with van der Waals surface area (Å²) < 4.78 is 5.14. The summed E-state index contributed by atoms with van der Waals surface area (Å²) in [5, 5.41) is 14.5. The van der Waals surface area contributed by atoms with Gasteiger partial charge in [-0.3, -0.25) is 10.1 Å². The van der Waals surface area contributed by atoms with Gasteiger partial charge in [0.1, 0.15) is 11.4 Å². The third kappa shape index (κ3) is 3.14. The third-order valence-electron chi connectivity index (χ3n) is 3.45. The summed E-state index contributed by atoms with van der Waals surface area (Å²) >= 11 is 0. The van der Waals surface area contributed by atoms with Crippen molar-refractivity contribution in [2.45, 2.75) is 18.9 Å². The number of hydrogen-bond acceptors (Lipinski definition) is 5. The molecule has 0 spiro atoms. The van der Waals surface area contributed by atoms with Crippen LogP contribution in [0.1, 0.15) is 12.8 Å². The van der Waals surface area contributed by atoms with E-state index in [1.165, 1.54) is 12.5 Å². The molecule has 1 heterocycles. The first-order chi connectivity index (χ1) is 9.11. The number of likely N-dealkylation sites (N-methyl/N-ethyl adjacent to an activating group) is 1. The monoisotopic (exact) mass is 265 g/mol. The van der Waals surface area contributed by atoms with Crippen molar-refractivity contribution in [3.63, 3.8) is 0 Å². The summed E-state index contributed by atoms with van der Waals surface area (Å²) in [7, 11) is 3.44. The molecule has 0 radical (unpaired) electrons. The van der Waals surface area contributed by atoms with E-state index >= 15 is 0 Å². The molecule has 0 saturated carbocycles. The van der Waals surface area contributed by atoms with Crippen LogP contribution in [0.25, 0.3) is 0 Å². The third-order valence-corrected chi connectivity index (χ3v) is 3.45. The van der Waals surface area contributed by atoms with Crippen molar-refractivity contribution in [2.75, 3.05) is 32.1 Å². The maximum absolute atomic E-state index is 11.1. The molecule has 0 aliphatic carbocycles. The minimum absolute atomic E-state index is 0.112. The first kappa shape index (κ1) is 13.6. The number of nitrogens with zero attached hydrogens (tertiary/aromatic N) is 2. The average Bonchev–Trinajstić information content (AvgIpc) is 2.90. The number of ether oxygens (including phenoxy) is 1. The highest BCUT2D eigenvalue weighted by atomic mass is 16.6. The van der Waals surface area contributed by atoms with Gasteiger partial charge in [0, 0.05) is 31.8 Å². The van der Waals surface area contributed by atoms with Gasteiger partial charge < -0.3 is 15.0 Å². The Morgan fingerprint density at radius 2 is 2.37 bits per heavy atom. The van der Waals surface area contributed by atoms with Crippen molar-refractivity contribution in [3.8, 4) is 5.75 Å². The number of methoxy groups -OCH3 is 1. The van der Waals surface area contributed by atoms with Crippen molar-refractivity contribution < 1.29 is 9.66 Å². The fourth-order valence-electron chi connectivity index (χ4n) is 2.43. The molecule has 0 aromatic heterocycles. The fourth-order valence-corrected chi connectivity index (χ4v) is 2.43. The van der Waals surface area contributed by atoms with Crippen LogP contribution in [0, 0.1) is 10.1 Å². The maximum Gasteiger partial charge on any atom is 0.292 e. The van der Waals surface area contributed by atoms with Crippen LogP contribution >= 0.6 is 0 Å². The molecule has 1 fully saturated rings. The summed E-state index contributed by atoms with van der Waals surface area (Å²) in [6.45, 7) is 1.78. The van der Waals surface area contributed by atoms with E-state index in [2.05, 4.69) is 5.32 Å². The zero-order valence-electron chi connectivity index (χ0n) is 11.3. The Hall–Kier alpha value is -1.82. The molecule has 0 amide bonds. The Kier molecular flexibility index (Phi) is 4.21. The molecule has 1 atom stereocenters. The number of anilines is 1. The van der Waals surface area contributed by atoms with E-state index in [-0.39, 0.29) is 10.6 Å². The molecule has 19 heavy (non-hydrogen) atoms.